The fourth-order valence-electron chi connectivity index (χ4n) is 3.44. The highest BCUT2D eigenvalue weighted by Crippen LogP contribution is 2.38. The van der Waals surface area contributed by atoms with Gasteiger partial charge in [0.1, 0.15) is 10.1 Å². The highest BCUT2D eigenvalue weighted by molar-refractivity contribution is 8.00. The van der Waals surface area contributed by atoms with Gasteiger partial charge in [0.05, 0.1) is 5.39 Å². The second-order valence-corrected chi connectivity index (χ2v) is 9.09. The van der Waals surface area contributed by atoms with Gasteiger partial charge in [-0.05, 0) is 30.4 Å². The Kier molecular flexibility index (Phi) is 4.82. The number of thioether (sulfide) groups is 1. The summed E-state index contributed by atoms with van der Waals surface area (Å²) in [5, 5.41) is 0.912. The predicted molar refractivity (Wildman–Crippen MR) is 111 cm³/mol. The Balaban J connectivity index is 1.80. The van der Waals surface area contributed by atoms with E-state index in [1.54, 1.807) is 41.9 Å². The van der Waals surface area contributed by atoms with Crippen LogP contribution >= 0.6 is 23.1 Å². The number of nitrogens with zero attached hydrogens (tertiary/aromatic N) is 3. The predicted octanol–water partition coefficient (Wildman–Crippen LogP) is 3.41. The molecule has 27 heavy (non-hydrogen) atoms. The van der Waals surface area contributed by atoms with Gasteiger partial charge in [-0.3, -0.25) is 14.2 Å². The van der Waals surface area contributed by atoms with Crippen LogP contribution in [0.25, 0.3) is 10.2 Å². The third-order valence-corrected chi connectivity index (χ3v) is 7.37. The maximum absolute atomic E-state index is 13.0. The summed E-state index contributed by atoms with van der Waals surface area (Å²) in [5.74, 6) is -0.0192. The zero-order valence-electron chi connectivity index (χ0n) is 15.6. The molecule has 5 nitrogen and oxygen atoms in total. The minimum atomic E-state index is -0.441. The molecule has 2 heterocycles. The lowest BCUT2D eigenvalue weighted by atomic mass is 10.1. The van der Waals surface area contributed by atoms with Gasteiger partial charge in [0.2, 0.25) is 5.91 Å². The highest BCUT2D eigenvalue weighted by Gasteiger charge is 2.27. The maximum Gasteiger partial charge on any atom is 0.262 e. The molecule has 0 bridgehead atoms. The van der Waals surface area contributed by atoms with Crippen molar-refractivity contribution >= 4 is 39.2 Å². The summed E-state index contributed by atoms with van der Waals surface area (Å²) >= 11 is 2.97. The average Bonchev–Trinajstić information content (AvgIpc) is 3.24. The second kappa shape index (κ2) is 7.13. The summed E-state index contributed by atoms with van der Waals surface area (Å²) in [6.07, 6.45) is 3.11. The molecular formula is C20H21N3O2S2. The Morgan fingerprint density at radius 2 is 2.00 bits per heavy atom. The Morgan fingerprint density at radius 1 is 1.26 bits per heavy atom. The Morgan fingerprint density at radius 3 is 2.70 bits per heavy atom. The first-order valence-corrected chi connectivity index (χ1v) is 10.6. The van der Waals surface area contributed by atoms with Gasteiger partial charge in [-0.15, -0.1) is 11.3 Å². The molecule has 1 unspecified atom stereocenters. The smallest absolute Gasteiger partial charge is 0.262 e. The summed E-state index contributed by atoms with van der Waals surface area (Å²) < 4.78 is 1.59. The molecular weight excluding hydrogens is 378 g/mol. The molecule has 0 saturated carbocycles. The van der Waals surface area contributed by atoms with E-state index in [-0.39, 0.29) is 11.5 Å². The van der Waals surface area contributed by atoms with Crippen LogP contribution in [0.15, 0.2) is 40.3 Å². The van der Waals surface area contributed by atoms with Gasteiger partial charge in [-0.25, -0.2) is 4.98 Å². The van der Waals surface area contributed by atoms with Gasteiger partial charge in [0.25, 0.3) is 5.56 Å². The Hall–Kier alpha value is -2.12. The quantitative estimate of drug-likeness (QED) is 0.498. The third kappa shape index (κ3) is 3.19. The lowest BCUT2D eigenvalue weighted by Crippen LogP contribution is -2.28. The first-order chi connectivity index (χ1) is 13.0. The zero-order chi connectivity index (χ0) is 19.1. The van der Waals surface area contributed by atoms with Crippen molar-refractivity contribution in [3.63, 3.8) is 0 Å². The van der Waals surface area contributed by atoms with E-state index < -0.39 is 5.25 Å². The topological polar surface area (TPSA) is 55.2 Å². The summed E-state index contributed by atoms with van der Waals surface area (Å²) in [7, 11) is 5.24. The van der Waals surface area contributed by atoms with Crippen LogP contribution in [0.3, 0.4) is 0 Å². The molecule has 1 aliphatic rings. The van der Waals surface area contributed by atoms with E-state index >= 15 is 0 Å². The number of aryl methyl sites for hydroxylation is 2. The highest BCUT2D eigenvalue weighted by atomic mass is 32.2. The SMILES string of the molecule is CN(C)C(=O)C(Sc1nc2sc3c(c2c(=O)n1C)CCC3)c1ccccc1. The maximum atomic E-state index is 13.0. The van der Waals surface area contributed by atoms with Crippen LogP contribution in [0.2, 0.25) is 0 Å². The number of hydrogen-bond acceptors (Lipinski definition) is 5. The number of aromatic nitrogens is 2. The number of rotatable bonds is 4. The summed E-state index contributed by atoms with van der Waals surface area (Å²) in [6, 6.07) is 9.65. The molecule has 3 aromatic rings. The number of amides is 1. The molecule has 0 saturated heterocycles. The molecule has 0 aliphatic heterocycles. The Bertz CT molecular complexity index is 1070. The number of carbonyl (C=O) groups excluding carboxylic acids is 1. The average molecular weight is 400 g/mol. The number of thiophene rings is 1. The lowest BCUT2D eigenvalue weighted by Gasteiger charge is -2.21. The Labute approximate surface area is 166 Å². The van der Waals surface area contributed by atoms with E-state index in [0.717, 1.165) is 35.0 Å². The standard InChI is InChI=1S/C20H21N3O2S2/c1-22(2)19(25)16(12-8-5-4-6-9-12)27-20-21-17-15(18(24)23(20)3)13-10-7-11-14(13)26-17/h4-6,8-9,16H,7,10-11H2,1-3H3. The molecule has 1 atom stereocenters. The van der Waals surface area contributed by atoms with E-state index in [1.165, 1.54) is 22.2 Å². The number of hydrogen-bond donors (Lipinski definition) is 0. The van der Waals surface area contributed by atoms with Crippen molar-refractivity contribution in [1.29, 1.82) is 0 Å². The van der Waals surface area contributed by atoms with Gasteiger partial charge >= 0.3 is 0 Å². The molecule has 0 spiro atoms. The minimum Gasteiger partial charge on any atom is -0.348 e. The fourth-order valence-corrected chi connectivity index (χ4v) is 5.95. The van der Waals surface area contributed by atoms with Gasteiger partial charge in [0, 0.05) is 26.0 Å². The molecule has 0 fully saturated rings. The van der Waals surface area contributed by atoms with Crippen LogP contribution in [-0.2, 0) is 24.7 Å². The molecule has 0 N–H and O–H groups in total. The van der Waals surface area contributed by atoms with E-state index in [9.17, 15) is 9.59 Å². The van der Waals surface area contributed by atoms with Gasteiger partial charge in [-0.2, -0.15) is 0 Å². The zero-order valence-corrected chi connectivity index (χ0v) is 17.2. The third-order valence-electron chi connectivity index (χ3n) is 4.90. The largest absolute Gasteiger partial charge is 0.348 e. The number of carbonyl (C=O) groups is 1. The van der Waals surface area contributed by atoms with Gasteiger partial charge < -0.3 is 4.90 Å². The van der Waals surface area contributed by atoms with Crippen LogP contribution in [0.4, 0.5) is 0 Å². The van der Waals surface area contributed by atoms with Crippen molar-refractivity contribution < 1.29 is 4.79 Å². The summed E-state index contributed by atoms with van der Waals surface area (Å²) in [6.45, 7) is 0. The first-order valence-electron chi connectivity index (χ1n) is 8.91. The normalized spacial score (nSPS) is 14.3. The minimum absolute atomic E-state index is 0.00832. The molecule has 7 heteroatoms. The van der Waals surface area contributed by atoms with Gasteiger partial charge in [0.15, 0.2) is 5.16 Å². The number of benzene rings is 1. The van der Waals surface area contributed by atoms with Gasteiger partial charge in [-0.1, -0.05) is 42.1 Å². The van der Waals surface area contributed by atoms with Crippen molar-refractivity contribution in [2.75, 3.05) is 14.1 Å². The van der Waals surface area contributed by atoms with Crippen LogP contribution in [-0.4, -0.2) is 34.5 Å². The molecule has 0 radical (unpaired) electrons. The summed E-state index contributed by atoms with van der Waals surface area (Å²) in [5.41, 5.74) is 2.08. The molecule has 140 valence electrons. The molecule has 4 rings (SSSR count). The second-order valence-electron chi connectivity index (χ2n) is 6.94. The van der Waals surface area contributed by atoms with E-state index in [1.807, 2.05) is 30.3 Å². The van der Waals surface area contributed by atoms with Crippen LogP contribution in [0, 0.1) is 0 Å². The van der Waals surface area contributed by atoms with E-state index in [2.05, 4.69) is 0 Å². The molecule has 2 aromatic heterocycles. The van der Waals surface area contributed by atoms with E-state index in [0.29, 0.717) is 5.16 Å². The molecule has 1 aliphatic carbocycles. The monoisotopic (exact) mass is 399 g/mol. The van der Waals surface area contributed by atoms with E-state index in [4.69, 9.17) is 4.98 Å². The van der Waals surface area contributed by atoms with Crippen molar-refractivity contribution in [3.05, 3.63) is 56.7 Å². The molecule has 1 amide bonds. The summed E-state index contributed by atoms with van der Waals surface area (Å²) in [4.78, 5) is 34.3. The first kappa shape index (κ1) is 18.3. The number of likely N-dealkylation sites (N-methyl/N-ethyl adjacent to an activating group) is 1. The van der Waals surface area contributed by atoms with Crippen molar-refractivity contribution in [1.82, 2.24) is 14.5 Å². The van der Waals surface area contributed by atoms with Crippen molar-refractivity contribution in [3.8, 4) is 0 Å². The fraction of sp³-hybridized carbons (Fsp3) is 0.350. The number of fused-ring (bicyclic) bond motifs is 3. The van der Waals surface area contributed by atoms with Crippen LogP contribution in [0.5, 0.6) is 0 Å². The van der Waals surface area contributed by atoms with Crippen LogP contribution in [0.1, 0.15) is 27.7 Å². The van der Waals surface area contributed by atoms with Crippen molar-refractivity contribution in [2.24, 2.45) is 7.05 Å². The lowest BCUT2D eigenvalue weighted by molar-refractivity contribution is -0.128. The molecule has 1 aromatic carbocycles. The van der Waals surface area contributed by atoms with Crippen molar-refractivity contribution in [2.45, 2.75) is 29.7 Å². The van der Waals surface area contributed by atoms with Crippen LogP contribution < -0.4 is 5.56 Å².